The molecule has 0 spiro atoms. The van der Waals surface area contributed by atoms with E-state index in [1.54, 1.807) is 6.07 Å². The normalized spacial score (nSPS) is 11.1. The Bertz CT molecular complexity index is 2210. The van der Waals surface area contributed by atoms with Crippen LogP contribution in [0.5, 0.6) is 0 Å². The van der Waals surface area contributed by atoms with E-state index in [0.717, 1.165) is 33.9 Å². The minimum Gasteiger partial charge on any atom is -0.456 e. The predicted octanol–water partition coefficient (Wildman–Crippen LogP) is 9.71. The molecule has 0 amide bonds. The lowest BCUT2D eigenvalue weighted by atomic mass is 9.98. The fourth-order valence-electron chi connectivity index (χ4n) is 5.62. The van der Waals surface area contributed by atoms with Crippen molar-refractivity contribution in [1.29, 1.82) is 5.41 Å². The van der Waals surface area contributed by atoms with Gasteiger partial charge >= 0.3 is 0 Å². The zero-order chi connectivity index (χ0) is 28.5. The predicted molar refractivity (Wildman–Crippen MR) is 173 cm³/mol. The number of nitrogen functional groups attached to an aromatic ring is 1. The molecular weight excluding hydrogens is 516 g/mol. The summed E-state index contributed by atoms with van der Waals surface area (Å²) in [6, 6.07) is 47.5. The lowest BCUT2D eigenvalue weighted by Crippen LogP contribution is -2.10. The molecule has 0 aliphatic carbocycles. The number of rotatable bonds is 4. The summed E-state index contributed by atoms with van der Waals surface area (Å²) in [5, 5.41) is 11.9. The summed E-state index contributed by atoms with van der Waals surface area (Å²) >= 11 is 0. The van der Waals surface area contributed by atoms with Gasteiger partial charge in [-0.25, -0.2) is 0 Å². The van der Waals surface area contributed by atoms with Gasteiger partial charge in [0.05, 0.1) is 5.56 Å². The summed E-state index contributed by atoms with van der Waals surface area (Å²) < 4.78 is 11.9. The number of para-hydroxylation sites is 4. The molecule has 0 radical (unpaired) electrons. The molecule has 202 valence electrons. The standard InChI is InChI=1S/C25H18O.C13H10N2O/c1-2-9-19(10-3-1)20-11-6-8-18(16-20)17-21-12-7-14-23-22-13-4-5-15-24(22)26-25(21)23;14-13(15)10-6-3-5-9-8-4-1-2-7-11(8)16-12(9)10/h1-16H,17H2;1-7H,(H3,14,15). The van der Waals surface area contributed by atoms with Crippen LogP contribution in [0.15, 0.2) is 148 Å². The molecule has 2 aromatic heterocycles. The first-order valence-corrected chi connectivity index (χ1v) is 13.9. The zero-order valence-corrected chi connectivity index (χ0v) is 22.9. The van der Waals surface area contributed by atoms with Gasteiger partial charge in [0.1, 0.15) is 28.2 Å². The molecule has 2 heterocycles. The fourth-order valence-corrected chi connectivity index (χ4v) is 5.62. The van der Waals surface area contributed by atoms with Crippen molar-refractivity contribution in [3.05, 3.63) is 156 Å². The van der Waals surface area contributed by atoms with Crippen LogP contribution in [0, 0.1) is 5.41 Å². The van der Waals surface area contributed by atoms with Crippen molar-refractivity contribution >= 4 is 49.7 Å². The van der Waals surface area contributed by atoms with Crippen molar-refractivity contribution in [2.24, 2.45) is 5.73 Å². The Morgan fingerprint density at radius 3 is 1.79 bits per heavy atom. The number of benzene rings is 6. The van der Waals surface area contributed by atoms with Gasteiger partial charge in [-0.05, 0) is 40.5 Å². The summed E-state index contributed by atoms with van der Waals surface area (Å²) in [6.07, 6.45) is 0.859. The molecule has 4 heteroatoms. The van der Waals surface area contributed by atoms with E-state index in [0.29, 0.717) is 11.1 Å². The summed E-state index contributed by atoms with van der Waals surface area (Å²) in [6.45, 7) is 0. The minimum atomic E-state index is 0.0321. The number of hydrogen-bond donors (Lipinski definition) is 2. The van der Waals surface area contributed by atoms with Crippen molar-refractivity contribution < 1.29 is 8.83 Å². The third-order valence-corrected chi connectivity index (χ3v) is 7.61. The van der Waals surface area contributed by atoms with E-state index < -0.39 is 0 Å². The highest BCUT2D eigenvalue weighted by Gasteiger charge is 2.12. The van der Waals surface area contributed by atoms with Crippen LogP contribution < -0.4 is 5.73 Å². The fraction of sp³-hybridized carbons (Fsp3) is 0.0263. The van der Waals surface area contributed by atoms with Gasteiger partial charge in [-0.3, -0.25) is 5.41 Å². The van der Waals surface area contributed by atoms with Crippen molar-refractivity contribution in [3.63, 3.8) is 0 Å². The SMILES string of the molecule is N=C(N)c1cccc2c1oc1ccccc12.c1ccc(-c2cccc(Cc3cccc4c3oc3ccccc34)c2)cc1. The second kappa shape index (κ2) is 10.8. The zero-order valence-electron chi connectivity index (χ0n) is 22.9. The van der Waals surface area contributed by atoms with Crippen LogP contribution in [-0.2, 0) is 6.42 Å². The molecule has 3 N–H and O–H groups in total. The molecule has 0 saturated heterocycles. The monoisotopic (exact) mass is 544 g/mol. The Hall–Kier alpha value is -5.61. The number of nitrogens with one attached hydrogen (secondary N) is 1. The van der Waals surface area contributed by atoms with Gasteiger partial charge in [-0.15, -0.1) is 0 Å². The molecular formula is C38H28N2O2. The van der Waals surface area contributed by atoms with Crippen LogP contribution in [-0.4, -0.2) is 5.84 Å². The van der Waals surface area contributed by atoms with Crippen molar-refractivity contribution in [2.75, 3.05) is 0 Å². The lowest BCUT2D eigenvalue weighted by molar-refractivity contribution is 0.664. The maximum absolute atomic E-state index is 7.51. The van der Waals surface area contributed by atoms with E-state index in [1.807, 2.05) is 48.5 Å². The van der Waals surface area contributed by atoms with E-state index in [9.17, 15) is 0 Å². The van der Waals surface area contributed by atoms with Gasteiger partial charge in [-0.2, -0.15) is 0 Å². The summed E-state index contributed by atoms with van der Waals surface area (Å²) in [4.78, 5) is 0. The number of hydrogen-bond acceptors (Lipinski definition) is 3. The van der Waals surface area contributed by atoms with Crippen LogP contribution in [0.3, 0.4) is 0 Å². The maximum Gasteiger partial charge on any atom is 0.146 e. The first-order valence-electron chi connectivity index (χ1n) is 13.9. The largest absolute Gasteiger partial charge is 0.456 e. The highest BCUT2D eigenvalue weighted by molar-refractivity contribution is 6.13. The minimum absolute atomic E-state index is 0.0321. The van der Waals surface area contributed by atoms with Gasteiger partial charge in [0.2, 0.25) is 0 Å². The molecule has 4 nitrogen and oxygen atoms in total. The molecule has 0 aliphatic rings. The van der Waals surface area contributed by atoms with E-state index in [4.69, 9.17) is 20.0 Å². The quantitative estimate of drug-likeness (QED) is 0.171. The Morgan fingerprint density at radius 2 is 1.07 bits per heavy atom. The number of amidine groups is 1. The molecule has 0 bridgehead atoms. The first kappa shape index (κ1) is 25.4. The Balaban J connectivity index is 0.000000154. The van der Waals surface area contributed by atoms with E-state index in [2.05, 4.69) is 84.9 Å². The second-order valence-electron chi connectivity index (χ2n) is 10.3. The first-order chi connectivity index (χ1) is 20.7. The van der Waals surface area contributed by atoms with Crippen LogP contribution in [0.4, 0.5) is 0 Å². The summed E-state index contributed by atoms with van der Waals surface area (Å²) in [5.41, 5.74) is 14.7. The molecule has 0 fully saturated rings. The van der Waals surface area contributed by atoms with Gasteiger partial charge in [0.15, 0.2) is 0 Å². The highest BCUT2D eigenvalue weighted by atomic mass is 16.3. The van der Waals surface area contributed by atoms with Crippen LogP contribution in [0.1, 0.15) is 16.7 Å². The van der Waals surface area contributed by atoms with Gasteiger partial charge in [-0.1, -0.05) is 121 Å². The molecule has 8 rings (SSSR count). The average Bonchev–Trinajstić information content (AvgIpc) is 3.61. The Labute approximate surface area is 243 Å². The topological polar surface area (TPSA) is 76.2 Å². The molecule has 0 saturated carbocycles. The Kier molecular flexibility index (Phi) is 6.49. The van der Waals surface area contributed by atoms with E-state index in [-0.39, 0.29) is 5.84 Å². The average molecular weight is 545 g/mol. The molecule has 8 aromatic rings. The maximum atomic E-state index is 7.51. The van der Waals surface area contributed by atoms with Gasteiger partial charge < -0.3 is 14.6 Å². The summed E-state index contributed by atoms with van der Waals surface area (Å²) in [7, 11) is 0. The second-order valence-corrected chi connectivity index (χ2v) is 10.3. The smallest absolute Gasteiger partial charge is 0.146 e. The van der Waals surface area contributed by atoms with Gasteiger partial charge in [0, 0.05) is 28.0 Å². The highest BCUT2D eigenvalue weighted by Crippen LogP contribution is 2.33. The third-order valence-electron chi connectivity index (χ3n) is 7.61. The van der Waals surface area contributed by atoms with Crippen molar-refractivity contribution in [2.45, 2.75) is 6.42 Å². The number of fused-ring (bicyclic) bond motifs is 6. The van der Waals surface area contributed by atoms with Crippen molar-refractivity contribution in [1.82, 2.24) is 0 Å². The van der Waals surface area contributed by atoms with E-state index in [1.165, 1.54) is 33.0 Å². The van der Waals surface area contributed by atoms with Crippen LogP contribution in [0.2, 0.25) is 0 Å². The molecule has 0 aliphatic heterocycles. The van der Waals surface area contributed by atoms with Crippen molar-refractivity contribution in [3.8, 4) is 11.1 Å². The molecule has 0 atom stereocenters. The number of nitrogens with two attached hydrogens (primary N) is 1. The molecule has 42 heavy (non-hydrogen) atoms. The number of furan rings is 2. The summed E-state index contributed by atoms with van der Waals surface area (Å²) in [5.74, 6) is 0.0321. The van der Waals surface area contributed by atoms with Crippen LogP contribution >= 0.6 is 0 Å². The lowest BCUT2D eigenvalue weighted by Gasteiger charge is -2.07. The van der Waals surface area contributed by atoms with Gasteiger partial charge in [0.25, 0.3) is 0 Å². The third kappa shape index (κ3) is 4.69. The van der Waals surface area contributed by atoms with E-state index >= 15 is 0 Å². The van der Waals surface area contributed by atoms with Crippen LogP contribution in [0.25, 0.3) is 55.0 Å². The molecule has 6 aromatic carbocycles. The molecule has 0 unspecified atom stereocenters. The Morgan fingerprint density at radius 1 is 0.524 bits per heavy atom.